The van der Waals surface area contributed by atoms with Crippen molar-refractivity contribution in [2.45, 2.75) is 20.3 Å². The van der Waals surface area contributed by atoms with Crippen LogP contribution >= 0.6 is 0 Å². The number of benzene rings is 2. The van der Waals surface area contributed by atoms with E-state index in [9.17, 15) is 9.59 Å². The molecule has 0 aliphatic rings. The van der Waals surface area contributed by atoms with E-state index in [0.29, 0.717) is 36.0 Å². The third-order valence-corrected chi connectivity index (χ3v) is 3.41. The Morgan fingerprint density at radius 2 is 1.73 bits per heavy atom. The summed E-state index contributed by atoms with van der Waals surface area (Å²) in [5, 5.41) is 2.78. The van der Waals surface area contributed by atoms with Gasteiger partial charge < -0.3 is 19.5 Å². The lowest BCUT2D eigenvalue weighted by molar-refractivity contribution is -0.116. The topological polar surface area (TPSA) is 73.9 Å². The number of hydrogen-bond acceptors (Lipinski definition) is 5. The van der Waals surface area contributed by atoms with Gasteiger partial charge in [0.05, 0.1) is 37.5 Å². The maximum atomic E-state index is 12.1. The first-order valence-electron chi connectivity index (χ1n) is 8.55. The van der Waals surface area contributed by atoms with Crippen LogP contribution in [0.15, 0.2) is 48.5 Å². The van der Waals surface area contributed by atoms with Gasteiger partial charge >= 0.3 is 5.97 Å². The minimum Gasteiger partial charge on any atom is -0.493 e. The maximum Gasteiger partial charge on any atom is 0.338 e. The predicted octanol–water partition coefficient (Wildman–Crippen LogP) is 3.67. The standard InChI is InChI=1S/C20H23NO5/c1-3-24-18-14-15(20(23)25-4-2)10-11-17(18)21-19(22)12-13-26-16-8-6-5-7-9-16/h5-11,14H,3-4,12-13H2,1-2H3,(H,21,22). The van der Waals surface area contributed by atoms with Crippen molar-refractivity contribution in [1.82, 2.24) is 0 Å². The van der Waals surface area contributed by atoms with E-state index < -0.39 is 5.97 Å². The molecule has 6 nitrogen and oxygen atoms in total. The number of hydrogen-bond donors (Lipinski definition) is 1. The average molecular weight is 357 g/mol. The Morgan fingerprint density at radius 3 is 2.42 bits per heavy atom. The molecule has 0 saturated carbocycles. The first kappa shape index (κ1) is 19.3. The third-order valence-electron chi connectivity index (χ3n) is 3.41. The molecule has 0 heterocycles. The number of carbonyl (C=O) groups excluding carboxylic acids is 2. The molecule has 2 rings (SSSR count). The van der Waals surface area contributed by atoms with Gasteiger partial charge in [-0.2, -0.15) is 0 Å². The third kappa shape index (κ3) is 5.81. The molecule has 6 heteroatoms. The lowest BCUT2D eigenvalue weighted by atomic mass is 10.2. The summed E-state index contributed by atoms with van der Waals surface area (Å²) in [6, 6.07) is 14.1. The van der Waals surface area contributed by atoms with E-state index in [1.165, 1.54) is 0 Å². The molecule has 0 aliphatic heterocycles. The molecule has 0 aromatic heterocycles. The Balaban J connectivity index is 1.96. The molecule has 0 radical (unpaired) electrons. The van der Waals surface area contributed by atoms with E-state index in [0.717, 1.165) is 0 Å². The van der Waals surface area contributed by atoms with E-state index in [1.807, 2.05) is 37.3 Å². The van der Waals surface area contributed by atoms with Crippen LogP contribution in [-0.2, 0) is 9.53 Å². The van der Waals surface area contributed by atoms with Crippen LogP contribution in [-0.4, -0.2) is 31.7 Å². The minimum absolute atomic E-state index is 0.195. The number of carbonyl (C=O) groups is 2. The van der Waals surface area contributed by atoms with Crippen LogP contribution in [0, 0.1) is 0 Å². The van der Waals surface area contributed by atoms with Gasteiger partial charge in [0.2, 0.25) is 5.91 Å². The number of nitrogens with one attached hydrogen (secondary N) is 1. The molecule has 26 heavy (non-hydrogen) atoms. The van der Waals surface area contributed by atoms with E-state index >= 15 is 0 Å². The van der Waals surface area contributed by atoms with Gasteiger partial charge in [-0.1, -0.05) is 18.2 Å². The number of esters is 1. The van der Waals surface area contributed by atoms with Crippen LogP contribution in [0.25, 0.3) is 0 Å². The molecule has 0 bridgehead atoms. The van der Waals surface area contributed by atoms with Crippen molar-refractivity contribution in [2.24, 2.45) is 0 Å². The molecular weight excluding hydrogens is 334 g/mol. The number of amides is 1. The summed E-state index contributed by atoms with van der Waals surface area (Å²) in [6.45, 7) is 4.54. The van der Waals surface area contributed by atoms with Crippen molar-refractivity contribution in [2.75, 3.05) is 25.1 Å². The van der Waals surface area contributed by atoms with Crippen LogP contribution in [0.1, 0.15) is 30.6 Å². The van der Waals surface area contributed by atoms with Gasteiger partial charge in [0.1, 0.15) is 11.5 Å². The summed E-state index contributed by atoms with van der Waals surface area (Å²) in [5.74, 6) is 0.512. The number of rotatable bonds is 9. The molecule has 2 aromatic rings. The van der Waals surface area contributed by atoms with Gasteiger partial charge in [0.25, 0.3) is 0 Å². The van der Waals surface area contributed by atoms with Crippen LogP contribution in [0.3, 0.4) is 0 Å². The lowest BCUT2D eigenvalue weighted by Gasteiger charge is -2.13. The fourth-order valence-corrected chi connectivity index (χ4v) is 2.23. The highest BCUT2D eigenvalue weighted by Crippen LogP contribution is 2.26. The predicted molar refractivity (Wildman–Crippen MR) is 98.8 cm³/mol. The Kier molecular flexibility index (Phi) is 7.49. The Morgan fingerprint density at radius 1 is 0.962 bits per heavy atom. The minimum atomic E-state index is -0.428. The number of anilines is 1. The van der Waals surface area contributed by atoms with Crippen molar-refractivity contribution in [1.29, 1.82) is 0 Å². The van der Waals surface area contributed by atoms with E-state index in [-0.39, 0.29) is 18.9 Å². The molecular formula is C20H23NO5. The normalized spacial score (nSPS) is 10.1. The molecule has 0 aliphatic carbocycles. The summed E-state index contributed by atoms with van der Waals surface area (Å²) >= 11 is 0. The summed E-state index contributed by atoms with van der Waals surface area (Å²) in [7, 11) is 0. The van der Waals surface area contributed by atoms with E-state index in [2.05, 4.69) is 5.32 Å². The lowest BCUT2D eigenvalue weighted by Crippen LogP contribution is -2.16. The molecule has 138 valence electrons. The van der Waals surface area contributed by atoms with Gasteiger partial charge in [-0.05, 0) is 44.2 Å². The first-order chi connectivity index (χ1) is 12.6. The summed E-state index contributed by atoms with van der Waals surface area (Å²) in [5.41, 5.74) is 0.880. The molecule has 0 atom stereocenters. The van der Waals surface area contributed by atoms with Crippen LogP contribution in [0.4, 0.5) is 5.69 Å². The second-order valence-corrected chi connectivity index (χ2v) is 5.32. The number of ether oxygens (including phenoxy) is 3. The largest absolute Gasteiger partial charge is 0.493 e. The second kappa shape index (κ2) is 10.1. The molecule has 0 saturated heterocycles. The Bertz CT molecular complexity index is 730. The molecule has 2 aromatic carbocycles. The van der Waals surface area contributed by atoms with Gasteiger partial charge in [-0.15, -0.1) is 0 Å². The molecule has 0 fully saturated rings. The first-order valence-corrected chi connectivity index (χ1v) is 8.55. The SMILES string of the molecule is CCOC(=O)c1ccc(NC(=O)CCOc2ccccc2)c(OCC)c1. The summed E-state index contributed by atoms with van der Waals surface area (Å²) in [6.07, 6.45) is 0.195. The van der Waals surface area contributed by atoms with Crippen LogP contribution < -0.4 is 14.8 Å². The van der Waals surface area contributed by atoms with E-state index in [1.54, 1.807) is 25.1 Å². The molecule has 0 spiro atoms. The zero-order valence-electron chi connectivity index (χ0n) is 15.0. The van der Waals surface area contributed by atoms with Gasteiger partial charge in [-0.3, -0.25) is 4.79 Å². The van der Waals surface area contributed by atoms with Crippen molar-refractivity contribution < 1.29 is 23.8 Å². The number of para-hydroxylation sites is 1. The highest BCUT2D eigenvalue weighted by Gasteiger charge is 2.13. The molecule has 1 amide bonds. The van der Waals surface area contributed by atoms with E-state index in [4.69, 9.17) is 14.2 Å². The second-order valence-electron chi connectivity index (χ2n) is 5.32. The van der Waals surface area contributed by atoms with Crippen molar-refractivity contribution in [3.63, 3.8) is 0 Å². The van der Waals surface area contributed by atoms with Gasteiger partial charge in [0, 0.05) is 0 Å². The zero-order chi connectivity index (χ0) is 18.8. The Hall–Kier alpha value is -3.02. The highest BCUT2D eigenvalue weighted by molar-refractivity contribution is 5.95. The fraction of sp³-hybridized carbons (Fsp3) is 0.300. The summed E-state index contributed by atoms with van der Waals surface area (Å²) in [4.78, 5) is 24.0. The van der Waals surface area contributed by atoms with Crippen molar-refractivity contribution in [3.8, 4) is 11.5 Å². The van der Waals surface area contributed by atoms with Gasteiger partial charge in [0.15, 0.2) is 0 Å². The van der Waals surface area contributed by atoms with Crippen molar-refractivity contribution >= 4 is 17.6 Å². The molecule has 1 N–H and O–H groups in total. The summed E-state index contributed by atoms with van der Waals surface area (Å²) < 4.78 is 16.0. The Labute approximate surface area is 153 Å². The molecule has 0 unspecified atom stereocenters. The van der Waals surface area contributed by atoms with Crippen LogP contribution in [0.5, 0.6) is 11.5 Å². The highest BCUT2D eigenvalue weighted by atomic mass is 16.5. The zero-order valence-corrected chi connectivity index (χ0v) is 15.0. The van der Waals surface area contributed by atoms with Crippen LogP contribution in [0.2, 0.25) is 0 Å². The average Bonchev–Trinajstić information content (AvgIpc) is 2.64. The smallest absolute Gasteiger partial charge is 0.338 e. The quantitative estimate of drug-likeness (QED) is 0.693. The van der Waals surface area contributed by atoms with Crippen molar-refractivity contribution in [3.05, 3.63) is 54.1 Å². The fourth-order valence-electron chi connectivity index (χ4n) is 2.23. The monoisotopic (exact) mass is 357 g/mol. The maximum absolute atomic E-state index is 12.1. The van der Waals surface area contributed by atoms with Gasteiger partial charge in [-0.25, -0.2) is 4.79 Å².